The Morgan fingerprint density at radius 2 is 1.49 bits per heavy atom. The number of anilines is 1. The average Bonchev–Trinajstić information content (AvgIpc) is 2.94. The van der Waals surface area contributed by atoms with E-state index >= 15 is 0 Å². The molecular formula is C30H34Cl3N3O6S. The second-order valence-corrected chi connectivity index (χ2v) is 13.8. The van der Waals surface area contributed by atoms with E-state index in [1.54, 1.807) is 19.1 Å². The molecule has 0 spiro atoms. The lowest BCUT2D eigenvalue weighted by Gasteiger charge is -2.33. The van der Waals surface area contributed by atoms with Crippen LogP contribution in [0.15, 0.2) is 65.6 Å². The van der Waals surface area contributed by atoms with Crippen LogP contribution < -0.4 is 19.1 Å². The van der Waals surface area contributed by atoms with Gasteiger partial charge < -0.3 is 19.7 Å². The van der Waals surface area contributed by atoms with Crippen LogP contribution in [0.1, 0.15) is 33.3 Å². The summed E-state index contributed by atoms with van der Waals surface area (Å²) in [5.74, 6) is -0.550. The van der Waals surface area contributed by atoms with Crippen LogP contribution in [0.5, 0.6) is 11.5 Å². The largest absolute Gasteiger partial charge is 0.493 e. The minimum atomic E-state index is -4.35. The van der Waals surface area contributed by atoms with Gasteiger partial charge in [-0.05, 0) is 81.8 Å². The van der Waals surface area contributed by atoms with Crippen LogP contribution >= 0.6 is 34.8 Å². The molecule has 0 saturated heterocycles. The molecule has 0 aromatic heterocycles. The molecule has 3 rings (SSSR count). The molecule has 1 N–H and O–H groups in total. The van der Waals surface area contributed by atoms with E-state index in [1.165, 1.54) is 67.7 Å². The summed E-state index contributed by atoms with van der Waals surface area (Å²) in [4.78, 5) is 28.5. The summed E-state index contributed by atoms with van der Waals surface area (Å²) in [5, 5.41) is 3.95. The van der Waals surface area contributed by atoms with Crippen LogP contribution in [0, 0.1) is 0 Å². The number of halogens is 3. The number of methoxy groups -OCH3 is 2. The molecule has 1 atom stereocenters. The van der Waals surface area contributed by atoms with E-state index in [9.17, 15) is 18.0 Å². The predicted molar refractivity (Wildman–Crippen MR) is 170 cm³/mol. The molecule has 0 saturated carbocycles. The molecule has 3 aromatic carbocycles. The van der Waals surface area contributed by atoms with Gasteiger partial charge in [0, 0.05) is 33.2 Å². The van der Waals surface area contributed by atoms with Gasteiger partial charge >= 0.3 is 0 Å². The van der Waals surface area contributed by atoms with Crippen molar-refractivity contribution >= 4 is 62.3 Å². The maximum absolute atomic E-state index is 14.1. The van der Waals surface area contributed by atoms with E-state index < -0.39 is 40.0 Å². The van der Waals surface area contributed by atoms with E-state index in [0.717, 1.165) is 4.31 Å². The van der Waals surface area contributed by atoms with Crippen LogP contribution in [0.25, 0.3) is 0 Å². The van der Waals surface area contributed by atoms with Crippen molar-refractivity contribution in [3.05, 3.63) is 81.3 Å². The molecule has 0 fully saturated rings. The first-order chi connectivity index (χ1) is 20.1. The van der Waals surface area contributed by atoms with Crippen molar-refractivity contribution in [2.45, 2.75) is 50.7 Å². The van der Waals surface area contributed by atoms with Gasteiger partial charge in [0.05, 0.1) is 24.8 Å². The molecular weight excluding hydrogens is 637 g/mol. The van der Waals surface area contributed by atoms with Gasteiger partial charge in [-0.3, -0.25) is 13.9 Å². The monoisotopic (exact) mass is 669 g/mol. The smallest absolute Gasteiger partial charge is 0.264 e. The molecule has 0 aliphatic carbocycles. The first-order valence-electron chi connectivity index (χ1n) is 13.1. The van der Waals surface area contributed by atoms with Gasteiger partial charge in [0.25, 0.3) is 10.0 Å². The normalized spacial score (nSPS) is 12.3. The lowest BCUT2D eigenvalue weighted by Crippen LogP contribution is -2.54. The van der Waals surface area contributed by atoms with Gasteiger partial charge in [-0.1, -0.05) is 40.9 Å². The van der Waals surface area contributed by atoms with Crippen molar-refractivity contribution in [2.24, 2.45) is 0 Å². The van der Waals surface area contributed by atoms with Crippen molar-refractivity contribution < 1.29 is 27.5 Å². The number of sulfonamides is 1. The zero-order valence-electron chi connectivity index (χ0n) is 24.7. The number of carbonyl (C=O) groups excluding carboxylic acids is 2. The van der Waals surface area contributed by atoms with E-state index in [4.69, 9.17) is 44.3 Å². The van der Waals surface area contributed by atoms with Crippen molar-refractivity contribution in [3.63, 3.8) is 0 Å². The molecule has 0 heterocycles. The number of amides is 2. The van der Waals surface area contributed by atoms with Crippen LogP contribution in [0.3, 0.4) is 0 Å². The Morgan fingerprint density at radius 3 is 2.05 bits per heavy atom. The summed E-state index contributed by atoms with van der Waals surface area (Å²) in [5.41, 5.74) is 0.129. The molecule has 3 aromatic rings. The van der Waals surface area contributed by atoms with Gasteiger partial charge in [0.2, 0.25) is 11.8 Å². The Labute approximate surface area is 267 Å². The quantitative estimate of drug-likeness (QED) is 0.261. The fourth-order valence-corrected chi connectivity index (χ4v) is 6.15. The summed E-state index contributed by atoms with van der Waals surface area (Å²) in [6, 6.07) is 13.9. The highest BCUT2D eigenvalue weighted by atomic mass is 35.5. The number of nitrogens with one attached hydrogen (secondary N) is 1. The minimum absolute atomic E-state index is 0.0849. The third kappa shape index (κ3) is 8.69. The summed E-state index contributed by atoms with van der Waals surface area (Å²) in [6.07, 6.45) is 0. The van der Waals surface area contributed by atoms with Gasteiger partial charge in [-0.2, -0.15) is 0 Å². The molecule has 43 heavy (non-hydrogen) atoms. The Bertz CT molecular complexity index is 1580. The van der Waals surface area contributed by atoms with Gasteiger partial charge in [-0.25, -0.2) is 8.42 Å². The first kappa shape index (κ1) is 34.3. The fraction of sp³-hybridized carbons (Fsp3) is 0.333. The third-order valence-electron chi connectivity index (χ3n) is 6.36. The van der Waals surface area contributed by atoms with Crippen molar-refractivity contribution in [2.75, 3.05) is 25.1 Å². The Balaban J connectivity index is 2.10. The Morgan fingerprint density at radius 1 is 0.884 bits per heavy atom. The topological polar surface area (TPSA) is 105 Å². The zero-order chi connectivity index (χ0) is 32.1. The molecule has 232 valence electrons. The molecule has 0 bridgehead atoms. The molecule has 0 aliphatic heterocycles. The highest BCUT2D eigenvalue weighted by molar-refractivity contribution is 7.92. The van der Waals surface area contributed by atoms with Crippen LogP contribution in [-0.2, 0) is 26.2 Å². The van der Waals surface area contributed by atoms with Crippen molar-refractivity contribution in [3.8, 4) is 11.5 Å². The molecule has 0 aliphatic rings. The second-order valence-electron chi connectivity index (χ2n) is 10.7. The summed E-state index contributed by atoms with van der Waals surface area (Å²) in [7, 11) is -1.53. The van der Waals surface area contributed by atoms with E-state index in [2.05, 4.69) is 5.32 Å². The standard InChI is InChI=1S/C30H34Cl3N3O6S/c1-19(29(38)34-30(2,3)4)35(17-20-7-8-22(32)15-25(20)33)28(37)18-36(23-11-9-21(31)10-12-23)43(39,40)24-13-14-26(41-5)27(16-24)42-6/h7-16,19H,17-18H2,1-6H3,(H,34,38)/t19-/m1/s1. The summed E-state index contributed by atoms with van der Waals surface area (Å²) >= 11 is 18.6. The number of benzene rings is 3. The lowest BCUT2D eigenvalue weighted by molar-refractivity contribution is -0.140. The fourth-order valence-electron chi connectivity index (χ4n) is 4.13. The van der Waals surface area contributed by atoms with Crippen LogP contribution in [0.4, 0.5) is 5.69 Å². The predicted octanol–water partition coefficient (Wildman–Crippen LogP) is 6.19. The number of hydrogen-bond acceptors (Lipinski definition) is 6. The Kier molecular flexibility index (Phi) is 11.2. The highest BCUT2D eigenvalue weighted by Gasteiger charge is 2.34. The minimum Gasteiger partial charge on any atom is -0.493 e. The van der Waals surface area contributed by atoms with Crippen LogP contribution in [0.2, 0.25) is 15.1 Å². The van der Waals surface area contributed by atoms with E-state index in [0.29, 0.717) is 26.4 Å². The lowest BCUT2D eigenvalue weighted by atomic mass is 10.1. The number of hydrogen-bond donors (Lipinski definition) is 1. The molecule has 0 radical (unpaired) electrons. The summed E-state index contributed by atoms with van der Waals surface area (Å²) in [6.45, 7) is 6.29. The van der Waals surface area contributed by atoms with Crippen LogP contribution in [-0.4, -0.2) is 57.5 Å². The average molecular weight is 671 g/mol. The SMILES string of the molecule is COc1ccc(S(=O)(=O)N(CC(=O)N(Cc2ccc(Cl)cc2Cl)[C@H](C)C(=O)NC(C)(C)C)c2ccc(Cl)cc2)cc1OC. The molecule has 2 amide bonds. The van der Waals surface area contributed by atoms with Crippen molar-refractivity contribution in [1.29, 1.82) is 0 Å². The number of ether oxygens (including phenoxy) is 2. The second kappa shape index (κ2) is 14.1. The summed E-state index contributed by atoms with van der Waals surface area (Å²) < 4.78 is 39.7. The van der Waals surface area contributed by atoms with E-state index in [-0.39, 0.29) is 22.9 Å². The van der Waals surface area contributed by atoms with E-state index in [1.807, 2.05) is 20.8 Å². The van der Waals surface area contributed by atoms with Gasteiger partial charge in [-0.15, -0.1) is 0 Å². The maximum Gasteiger partial charge on any atom is 0.264 e. The zero-order valence-corrected chi connectivity index (χ0v) is 27.7. The van der Waals surface area contributed by atoms with Gasteiger partial charge in [0.1, 0.15) is 12.6 Å². The molecule has 0 unspecified atom stereocenters. The maximum atomic E-state index is 14.1. The number of rotatable bonds is 11. The number of carbonyl (C=O) groups is 2. The first-order valence-corrected chi connectivity index (χ1v) is 15.7. The third-order valence-corrected chi connectivity index (χ3v) is 8.97. The van der Waals surface area contributed by atoms with Crippen molar-refractivity contribution in [1.82, 2.24) is 10.2 Å². The molecule has 13 heteroatoms. The van der Waals surface area contributed by atoms with Gasteiger partial charge in [0.15, 0.2) is 11.5 Å². The Hall–Kier alpha value is -3.18. The number of nitrogens with zero attached hydrogens (tertiary/aromatic N) is 2. The molecule has 9 nitrogen and oxygen atoms in total. The highest BCUT2D eigenvalue weighted by Crippen LogP contribution is 2.33.